The topological polar surface area (TPSA) is 58.3 Å². The number of likely N-dealkylation sites (N-methyl/N-ethyl adjacent to an activating group) is 2. The van der Waals surface area contributed by atoms with Crippen molar-refractivity contribution in [1.29, 1.82) is 0 Å². The van der Waals surface area contributed by atoms with Gasteiger partial charge < -0.3 is 15.5 Å². The minimum Gasteiger partial charge on any atom is -0.383 e. The number of hydrogen-bond acceptors (Lipinski definition) is 5. The van der Waals surface area contributed by atoms with Crippen LogP contribution in [0.15, 0.2) is 0 Å². The Balaban J connectivity index is 2.17. The molecule has 0 bridgehead atoms. The van der Waals surface area contributed by atoms with Gasteiger partial charge in [0.25, 0.3) is 0 Å². The molecule has 1 aliphatic rings. The Morgan fingerprint density at radius 3 is 2.55 bits per heavy atom. The molecule has 1 aliphatic heterocycles. The third-order valence-electron chi connectivity index (χ3n) is 4.19. The zero-order chi connectivity index (χ0) is 14.9. The zero-order valence-corrected chi connectivity index (χ0v) is 13.3. The highest BCUT2D eigenvalue weighted by Crippen LogP contribution is 2.23. The molecule has 1 aromatic rings. The van der Waals surface area contributed by atoms with Crippen molar-refractivity contribution in [3.05, 3.63) is 17.1 Å². The van der Waals surface area contributed by atoms with Crippen molar-refractivity contribution in [3.8, 4) is 0 Å². The second kappa shape index (κ2) is 6.06. The SMILES string of the molecule is Cc1nc(CC2CN(C)CCN2C)nc(N)c1C(C)C. The van der Waals surface area contributed by atoms with Crippen molar-refractivity contribution in [2.75, 3.05) is 39.5 Å². The number of piperazine rings is 1. The standard InChI is InChI=1S/C15H27N5/c1-10(2)14-11(3)17-13(18-15(14)16)8-12-9-19(4)6-7-20(12)5/h10,12H,6-9H2,1-5H3,(H2,16,17,18). The lowest BCUT2D eigenvalue weighted by molar-refractivity contribution is 0.113. The van der Waals surface area contributed by atoms with Crippen molar-refractivity contribution in [3.63, 3.8) is 0 Å². The van der Waals surface area contributed by atoms with Gasteiger partial charge in [0.15, 0.2) is 0 Å². The first-order chi connectivity index (χ1) is 9.38. The van der Waals surface area contributed by atoms with Gasteiger partial charge >= 0.3 is 0 Å². The average Bonchev–Trinajstić information content (AvgIpc) is 2.32. The Hall–Kier alpha value is -1.20. The van der Waals surface area contributed by atoms with E-state index in [1.807, 2.05) is 6.92 Å². The molecule has 0 aliphatic carbocycles. The molecule has 0 radical (unpaired) electrons. The summed E-state index contributed by atoms with van der Waals surface area (Å²) >= 11 is 0. The van der Waals surface area contributed by atoms with E-state index in [2.05, 4.69) is 47.7 Å². The molecule has 5 nitrogen and oxygen atoms in total. The highest BCUT2D eigenvalue weighted by molar-refractivity contribution is 5.44. The Morgan fingerprint density at radius 2 is 1.95 bits per heavy atom. The van der Waals surface area contributed by atoms with E-state index >= 15 is 0 Å². The number of nitrogens with two attached hydrogens (primary N) is 1. The number of nitrogen functional groups attached to an aromatic ring is 1. The third kappa shape index (κ3) is 3.27. The first kappa shape index (κ1) is 15.2. The summed E-state index contributed by atoms with van der Waals surface area (Å²) in [5.41, 5.74) is 8.22. The minimum absolute atomic E-state index is 0.368. The fourth-order valence-electron chi connectivity index (χ4n) is 3.00. The quantitative estimate of drug-likeness (QED) is 0.902. The Labute approximate surface area is 122 Å². The van der Waals surface area contributed by atoms with Gasteiger partial charge in [0.1, 0.15) is 11.6 Å². The molecule has 1 fully saturated rings. The van der Waals surface area contributed by atoms with Crippen molar-refractivity contribution in [2.24, 2.45) is 0 Å². The second-order valence-corrected chi connectivity index (χ2v) is 6.28. The molecule has 112 valence electrons. The molecule has 2 heterocycles. The van der Waals surface area contributed by atoms with E-state index in [1.54, 1.807) is 0 Å². The van der Waals surface area contributed by atoms with Crippen molar-refractivity contribution < 1.29 is 0 Å². The molecule has 0 saturated carbocycles. The van der Waals surface area contributed by atoms with Crippen LogP contribution in [0, 0.1) is 6.92 Å². The van der Waals surface area contributed by atoms with Crippen molar-refractivity contribution in [1.82, 2.24) is 19.8 Å². The van der Waals surface area contributed by atoms with Crippen LogP contribution < -0.4 is 5.73 Å². The summed E-state index contributed by atoms with van der Waals surface area (Å²) in [7, 11) is 4.35. The molecule has 1 saturated heterocycles. The summed E-state index contributed by atoms with van der Waals surface area (Å²) < 4.78 is 0. The van der Waals surface area contributed by atoms with E-state index in [9.17, 15) is 0 Å². The summed E-state index contributed by atoms with van der Waals surface area (Å²) in [6.45, 7) is 9.58. The van der Waals surface area contributed by atoms with E-state index in [-0.39, 0.29) is 0 Å². The molecular weight excluding hydrogens is 250 g/mol. The third-order valence-corrected chi connectivity index (χ3v) is 4.19. The molecule has 1 atom stereocenters. The van der Waals surface area contributed by atoms with Gasteiger partial charge in [-0.05, 0) is 26.9 Å². The van der Waals surface area contributed by atoms with Gasteiger partial charge in [-0.25, -0.2) is 9.97 Å². The van der Waals surface area contributed by atoms with Crippen LogP contribution in [-0.4, -0.2) is 59.5 Å². The van der Waals surface area contributed by atoms with Crippen molar-refractivity contribution in [2.45, 2.75) is 39.2 Å². The average molecular weight is 277 g/mol. The zero-order valence-electron chi connectivity index (χ0n) is 13.3. The monoisotopic (exact) mass is 277 g/mol. The largest absolute Gasteiger partial charge is 0.383 e. The van der Waals surface area contributed by atoms with Crippen LogP contribution in [0.4, 0.5) is 5.82 Å². The smallest absolute Gasteiger partial charge is 0.132 e. The molecule has 0 amide bonds. The van der Waals surface area contributed by atoms with Crippen LogP contribution in [0.5, 0.6) is 0 Å². The highest BCUT2D eigenvalue weighted by atomic mass is 15.3. The Morgan fingerprint density at radius 1 is 1.25 bits per heavy atom. The summed E-state index contributed by atoms with van der Waals surface area (Å²) in [6, 6.07) is 0.470. The van der Waals surface area contributed by atoms with Crippen LogP contribution in [0.1, 0.15) is 36.8 Å². The molecule has 2 rings (SSSR count). The number of aromatic nitrogens is 2. The van der Waals surface area contributed by atoms with Gasteiger partial charge in [-0.1, -0.05) is 13.8 Å². The number of aryl methyl sites for hydroxylation is 1. The van der Waals surface area contributed by atoms with Gasteiger partial charge in [-0.3, -0.25) is 0 Å². The maximum Gasteiger partial charge on any atom is 0.132 e. The van der Waals surface area contributed by atoms with E-state index in [1.165, 1.54) is 0 Å². The van der Waals surface area contributed by atoms with Crippen LogP contribution in [0.3, 0.4) is 0 Å². The van der Waals surface area contributed by atoms with E-state index in [0.29, 0.717) is 17.8 Å². The van der Waals surface area contributed by atoms with Gasteiger partial charge in [-0.15, -0.1) is 0 Å². The lowest BCUT2D eigenvalue weighted by atomic mass is 10.0. The van der Waals surface area contributed by atoms with E-state index in [0.717, 1.165) is 43.1 Å². The van der Waals surface area contributed by atoms with Crippen LogP contribution in [0.2, 0.25) is 0 Å². The van der Waals surface area contributed by atoms with Crippen LogP contribution in [-0.2, 0) is 6.42 Å². The Kier molecular flexibility index (Phi) is 4.60. The highest BCUT2D eigenvalue weighted by Gasteiger charge is 2.24. The summed E-state index contributed by atoms with van der Waals surface area (Å²) in [5, 5.41) is 0. The van der Waals surface area contributed by atoms with E-state index in [4.69, 9.17) is 5.73 Å². The fraction of sp³-hybridized carbons (Fsp3) is 0.733. The maximum absolute atomic E-state index is 6.12. The van der Waals surface area contributed by atoms with Crippen molar-refractivity contribution >= 4 is 5.82 Å². The predicted octanol–water partition coefficient (Wildman–Crippen LogP) is 1.28. The minimum atomic E-state index is 0.368. The maximum atomic E-state index is 6.12. The van der Waals surface area contributed by atoms with Gasteiger partial charge in [0.2, 0.25) is 0 Å². The molecule has 0 spiro atoms. The predicted molar refractivity (Wildman–Crippen MR) is 82.9 cm³/mol. The second-order valence-electron chi connectivity index (χ2n) is 6.28. The lowest BCUT2D eigenvalue weighted by Gasteiger charge is -2.37. The number of anilines is 1. The Bertz CT molecular complexity index is 448. The molecule has 1 aromatic heterocycles. The summed E-state index contributed by atoms with van der Waals surface area (Å²) in [4.78, 5) is 14.0. The number of rotatable bonds is 3. The fourth-order valence-corrected chi connectivity index (χ4v) is 3.00. The van der Waals surface area contributed by atoms with Gasteiger partial charge in [0, 0.05) is 43.4 Å². The molecule has 2 N–H and O–H groups in total. The lowest BCUT2D eigenvalue weighted by Crippen LogP contribution is -2.51. The number of nitrogens with zero attached hydrogens (tertiary/aromatic N) is 4. The van der Waals surface area contributed by atoms with Gasteiger partial charge in [0.05, 0.1) is 0 Å². The van der Waals surface area contributed by atoms with Crippen LogP contribution >= 0.6 is 0 Å². The normalized spacial score (nSPS) is 21.6. The first-order valence-corrected chi connectivity index (χ1v) is 7.40. The molecule has 20 heavy (non-hydrogen) atoms. The molecule has 1 unspecified atom stereocenters. The first-order valence-electron chi connectivity index (χ1n) is 7.40. The van der Waals surface area contributed by atoms with Crippen LogP contribution in [0.25, 0.3) is 0 Å². The molecule has 5 heteroatoms. The molecular formula is C15H27N5. The van der Waals surface area contributed by atoms with E-state index < -0.39 is 0 Å². The number of hydrogen-bond donors (Lipinski definition) is 1. The molecule has 0 aromatic carbocycles. The summed E-state index contributed by atoms with van der Waals surface area (Å²) in [6.07, 6.45) is 0.865. The van der Waals surface area contributed by atoms with Gasteiger partial charge in [-0.2, -0.15) is 0 Å². The summed E-state index contributed by atoms with van der Waals surface area (Å²) in [5.74, 6) is 1.89.